The number of para-hydroxylation sites is 1. The van der Waals surface area contributed by atoms with E-state index in [0.29, 0.717) is 17.0 Å². The van der Waals surface area contributed by atoms with Crippen molar-refractivity contribution < 1.29 is 19.3 Å². The number of amides is 3. The molecule has 0 radical (unpaired) electrons. The second-order valence-electron chi connectivity index (χ2n) is 6.18. The maximum atomic E-state index is 13.2. The van der Waals surface area contributed by atoms with Crippen LogP contribution in [0.3, 0.4) is 0 Å². The Balaban J connectivity index is 2.07. The molecule has 0 unspecified atom stereocenters. The van der Waals surface area contributed by atoms with Crippen molar-refractivity contribution >= 4 is 35.0 Å². The van der Waals surface area contributed by atoms with Crippen LogP contribution in [0.5, 0.6) is 0 Å². The van der Waals surface area contributed by atoms with Crippen molar-refractivity contribution in [1.82, 2.24) is 10.0 Å². The summed E-state index contributed by atoms with van der Waals surface area (Å²) in [5.74, 6) is -1.89. The molecule has 0 saturated carbocycles. The number of hydrogen-bond acceptors (Lipinski definition) is 5. The molecule has 1 aliphatic heterocycles. The summed E-state index contributed by atoms with van der Waals surface area (Å²) in [5, 5.41) is 13.4. The first kappa shape index (κ1) is 19.5. The van der Waals surface area contributed by atoms with Crippen LogP contribution in [0.1, 0.15) is 35.2 Å². The number of nitro groups is 1. The Hall–Kier alpha value is -3.26. The van der Waals surface area contributed by atoms with E-state index < -0.39 is 28.3 Å². The molecule has 0 bridgehead atoms. The maximum Gasteiger partial charge on any atom is 0.282 e. The minimum atomic E-state index is -0.823. The summed E-state index contributed by atoms with van der Waals surface area (Å²) in [4.78, 5) is 48.7. The van der Waals surface area contributed by atoms with Gasteiger partial charge in [0.05, 0.1) is 11.5 Å². The third-order valence-corrected chi connectivity index (χ3v) is 4.71. The Labute approximate surface area is 165 Å². The van der Waals surface area contributed by atoms with Crippen LogP contribution in [-0.2, 0) is 16.1 Å². The van der Waals surface area contributed by atoms with E-state index in [9.17, 15) is 24.5 Å². The maximum absolute atomic E-state index is 13.2. The van der Waals surface area contributed by atoms with Gasteiger partial charge in [-0.2, -0.15) is 5.01 Å². The van der Waals surface area contributed by atoms with E-state index in [-0.39, 0.29) is 24.9 Å². The number of hydrazine groups is 1. The molecule has 0 N–H and O–H groups in total. The van der Waals surface area contributed by atoms with Crippen LogP contribution in [0.15, 0.2) is 48.5 Å². The van der Waals surface area contributed by atoms with Crippen molar-refractivity contribution in [2.75, 3.05) is 0 Å². The second kappa shape index (κ2) is 8.18. The minimum absolute atomic E-state index is 0.106. The molecule has 1 saturated heterocycles. The van der Waals surface area contributed by atoms with Gasteiger partial charge in [-0.05, 0) is 24.1 Å². The molecule has 1 heterocycles. The van der Waals surface area contributed by atoms with E-state index in [2.05, 4.69) is 0 Å². The highest BCUT2D eigenvalue weighted by Gasteiger charge is 2.37. The lowest BCUT2D eigenvalue weighted by atomic mass is 10.1. The molecular formula is C19H16ClN3O5. The summed E-state index contributed by atoms with van der Waals surface area (Å²) in [5.41, 5.74) is -0.124. The van der Waals surface area contributed by atoms with Crippen molar-refractivity contribution in [2.24, 2.45) is 0 Å². The van der Waals surface area contributed by atoms with Crippen LogP contribution in [0, 0.1) is 10.1 Å². The van der Waals surface area contributed by atoms with Gasteiger partial charge in [0.2, 0.25) is 11.8 Å². The zero-order valence-corrected chi connectivity index (χ0v) is 15.5. The molecule has 144 valence electrons. The summed E-state index contributed by atoms with van der Waals surface area (Å²) >= 11 is 6.18. The molecule has 1 aliphatic rings. The number of rotatable bonds is 5. The molecule has 1 fully saturated rings. The van der Waals surface area contributed by atoms with E-state index in [1.54, 1.807) is 24.3 Å². The lowest BCUT2D eigenvalue weighted by Crippen LogP contribution is -2.54. The quantitative estimate of drug-likeness (QED) is 0.434. The van der Waals surface area contributed by atoms with Gasteiger partial charge in [-0.1, -0.05) is 41.9 Å². The number of carbonyl (C=O) groups is 3. The fraction of sp³-hybridized carbons (Fsp3) is 0.211. The Morgan fingerprint density at radius 3 is 2.32 bits per heavy atom. The largest absolute Gasteiger partial charge is 0.282 e. The van der Waals surface area contributed by atoms with E-state index in [4.69, 9.17) is 11.6 Å². The summed E-state index contributed by atoms with van der Waals surface area (Å²) in [6.45, 7) is -0.179. The predicted octanol–water partition coefficient (Wildman–Crippen LogP) is 3.34. The second-order valence-corrected chi connectivity index (χ2v) is 6.59. The summed E-state index contributed by atoms with van der Waals surface area (Å²) in [6.07, 6.45) is 0.609. The molecule has 28 heavy (non-hydrogen) atoms. The average molecular weight is 402 g/mol. The van der Waals surface area contributed by atoms with Crippen LogP contribution >= 0.6 is 11.6 Å². The number of imide groups is 1. The van der Waals surface area contributed by atoms with Crippen molar-refractivity contribution in [1.29, 1.82) is 0 Å². The molecule has 0 spiro atoms. The predicted molar refractivity (Wildman–Crippen MR) is 100 cm³/mol. The van der Waals surface area contributed by atoms with Crippen molar-refractivity contribution in [3.05, 3.63) is 74.8 Å². The Morgan fingerprint density at radius 2 is 1.68 bits per heavy atom. The topological polar surface area (TPSA) is 101 Å². The smallest absolute Gasteiger partial charge is 0.273 e. The first-order valence-corrected chi connectivity index (χ1v) is 8.92. The standard InChI is InChI=1S/C19H16ClN3O5/c20-15-8-3-1-6-13(15)12-21(22-17(24)10-5-11-18(22)25)19(26)14-7-2-4-9-16(14)23(27)28/h1-4,6-9H,5,10-12H2. The molecule has 2 aromatic rings. The van der Waals surface area contributed by atoms with E-state index in [1.165, 1.54) is 24.3 Å². The van der Waals surface area contributed by atoms with E-state index >= 15 is 0 Å². The van der Waals surface area contributed by atoms with Crippen molar-refractivity contribution in [3.63, 3.8) is 0 Å². The fourth-order valence-electron chi connectivity index (χ4n) is 2.99. The number of carbonyl (C=O) groups excluding carboxylic acids is 3. The molecule has 8 nitrogen and oxygen atoms in total. The Kier molecular flexibility index (Phi) is 5.70. The highest BCUT2D eigenvalue weighted by Crippen LogP contribution is 2.26. The van der Waals surface area contributed by atoms with Gasteiger partial charge in [0.25, 0.3) is 11.6 Å². The first-order chi connectivity index (χ1) is 13.4. The summed E-state index contributed by atoms with van der Waals surface area (Å²) < 4.78 is 0. The summed E-state index contributed by atoms with van der Waals surface area (Å²) in [7, 11) is 0. The molecule has 0 aromatic heterocycles. The first-order valence-electron chi connectivity index (χ1n) is 8.54. The normalized spacial score (nSPS) is 14.1. The number of hydrogen-bond donors (Lipinski definition) is 0. The Bertz CT molecular complexity index is 946. The van der Waals surface area contributed by atoms with Gasteiger partial charge in [0.15, 0.2) is 0 Å². The third kappa shape index (κ3) is 3.86. The number of nitro benzene ring substituents is 1. The average Bonchev–Trinajstić information content (AvgIpc) is 2.68. The number of piperidine rings is 1. The van der Waals surface area contributed by atoms with Gasteiger partial charge in [-0.25, -0.2) is 5.01 Å². The molecule has 3 amide bonds. The van der Waals surface area contributed by atoms with Gasteiger partial charge in [-0.3, -0.25) is 24.5 Å². The Morgan fingerprint density at radius 1 is 1.07 bits per heavy atom. The lowest BCUT2D eigenvalue weighted by Gasteiger charge is -2.35. The van der Waals surface area contributed by atoms with Gasteiger partial charge in [0.1, 0.15) is 5.56 Å². The third-order valence-electron chi connectivity index (χ3n) is 4.34. The molecule has 3 rings (SSSR count). The summed E-state index contributed by atoms with van der Waals surface area (Å²) in [6, 6.07) is 12.1. The van der Waals surface area contributed by atoms with Crippen LogP contribution in [-0.4, -0.2) is 32.7 Å². The van der Waals surface area contributed by atoms with Crippen LogP contribution in [0.4, 0.5) is 5.69 Å². The SMILES string of the molecule is O=C(c1ccccc1[N+](=O)[O-])N(Cc1ccccc1Cl)N1C(=O)CCCC1=O. The van der Waals surface area contributed by atoms with Crippen LogP contribution < -0.4 is 0 Å². The van der Waals surface area contributed by atoms with Crippen LogP contribution in [0.2, 0.25) is 5.02 Å². The molecular weight excluding hydrogens is 386 g/mol. The lowest BCUT2D eigenvalue weighted by molar-refractivity contribution is -0.385. The van der Waals surface area contributed by atoms with E-state index in [0.717, 1.165) is 10.0 Å². The van der Waals surface area contributed by atoms with Gasteiger partial charge in [-0.15, -0.1) is 0 Å². The van der Waals surface area contributed by atoms with E-state index in [1.807, 2.05) is 0 Å². The zero-order chi connectivity index (χ0) is 20.3. The van der Waals surface area contributed by atoms with Gasteiger partial charge in [0, 0.05) is 23.9 Å². The highest BCUT2D eigenvalue weighted by atomic mass is 35.5. The number of nitrogens with zero attached hydrogens (tertiary/aromatic N) is 3. The molecule has 2 aromatic carbocycles. The molecule has 0 atom stereocenters. The molecule has 9 heteroatoms. The zero-order valence-electron chi connectivity index (χ0n) is 14.7. The minimum Gasteiger partial charge on any atom is -0.273 e. The van der Waals surface area contributed by atoms with Crippen LogP contribution in [0.25, 0.3) is 0 Å². The number of benzene rings is 2. The van der Waals surface area contributed by atoms with Gasteiger partial charge >= 0.3 is 0 Å². The van der Waals surface area contributed by atoms with Crippen molar-refractivity contribution in [2.45, 2.75) is 25.8 Å². The number of halogens is 1. The van der Waals surface area contributed by atoms with Crippen molar-refractivity contribution in [3.8, 4) is 0 Å². The fourth-order valence-corrected chi connectivity index (χ4v) is 3.18. The highest BCUT2D eigenvalue weighted by molar-refractivity contribution is 6.31. The molecule has 0 aliphatic carbocycles. The van der Waals surface area contributed by atoms with Gasteiger partial charge < -0.3 is 0 Å². The monoisotopic (exact) mass is 401 g/mol.